The number of aromatic nitrogens is 3. The Morgan fingerprint density at radius 1 is 1.21 bits per heavy atom. The van der Waals surface area contributed by atoms with Crippen molar-refractivity contribution in [2.75, 3.05) is 18.1 Å². The highest BCUT2D eigenvalue weighted by Crippen LogP contribution is 2.32. The fraction of sp³-hybridized carbons (Fsp3) is 0.364. The molecule has 8 nitrogen and oxygen atoms in total. The van der Waals surface area contributed by atoms with E-state index < -0.39 is 22.8 Å². The van der Waals surface area contributed by atoms with E-state index in [0.717, 1.165) is 36.7 Å². The van der Waals surface area contributed by atoms with Gasteiger partial charge in [0.25, 0.3) is 5.91 Å². The molecule has 2 aliphatic rings. The Kier molecular flexibility index (Phi) is 5.35. The first-order valence-corrected chi connectivity index (χ1v) is 11.5. The molecule has 1 amide bonds. The van der Waals surface area contributed by atoms with E-state index in [4.69, 9.17) is 0 Å². The minimum absolute atomic E-state index is 0.0538. The predicted molar refractivity (Wildman–Crippen MR) is 118 cm³/mol. The van der Waals surface area contributed by atoms with Gasteiger partial charge in [0.2, 0.25) is 5.43 Å². The van der Waals surface area contributed by atoms with Crippen molar-refractivity contribution in [3.63, 3.8) is 0 Å². The van der Waals surface area contributed by atoms with Crippen LogP contribution in [0, 0.1) is 11.6 Å². The minimum atomic E-state index is -0.711. The summed E-state index contributed by atoms with van der Waals surface area (Å²) in [5.74, 6) is -2.36. The van der Waals surface area contributed by atoms with Gasteiger partial charge in [0.1, 0.15) is 22.8 Å². The van der Waals surface area contributed by atoms with Crippen LogP contribution < -0.4 is 10.4 Å². The Balaban J connectivity index is 1.55. The van der Waals surface area contributed by atoms with Gasteiger partial charge in [0, 0.05) is 31.8 Å². The van der Waals surface area contributed by atoms with Crippen molar-refractivity contribution in [1.82, 2.24) is 19.8 Å². The Hall–Kier alpha value is -3.34. The quantitative estimate of drug-likeness (QED) is 0.627. The number of nitrogens with zero attached hydrogens (tertiary/aromatic N) is 5. The van der Waals surface area contributed by atoms with Crippen LogP contribution >= 0.6 is 11.3 Å². The average molecular weight is 474 g/mol. The summed E-state index contributed by atoms with van der Waals surface area (Å²) in [5, 5.41) is 21.5. The van der Waals surface area contributed by atoms with E-state index >= 15 is 0 Å². The lowest BCUT2D eigenvalue weighted by atomic mass is 10.1. The maximum absolute atomic E-state index is 14.0. The van der Waals surface area contributed by atoms with E-state index in [1.807, 2.05) is 11.9 Å². The SMILES string of the molecule is CCN1C(=O)c2c(O)c(=O)c(-c3nnc(Cc4ccc(F)cc4F)s3)cn2N2CCCC[C@H]12. The van der Waals surface area contributed by atoms with Crippen LogP contribution in [0.2, 0.25) is 0 Å². The highest BCUT2D eigenvalue weighted by molar-refractivity contribution is 7.14. The van der Waals surface area contributed by atoms with Gasteiger partial charge in [0.15, 0.2) is 16.5 Å². The molecule has 1 N–H and O–H groups in total. The number of pyridine rings is 1. The van der Waals surface area contributed by atoms with Gasteiger partial charge in [-0.1, -0.05) is 17.4 Å². The summed E-state index contributed by atoms with van der Waals surface area (Å²) >= 11 is 1.08. The van der Waals surface area contributed by atoms with E-state index in [1.165, 1.54) is 18.3 Å². The van der Waals surface area contributed by atoms with Crippen LogP contribution in [0.4, 0.5) is 8.78 Å². The monoisotopic (exact) mass is 473 g/mol. The summed E-state index contributed by atoms with van der Waals surface area (Å²) in [7, 11) is 0. The topological polar surface area (TPSA) is 91.6 Å². The number of piperidine rings is 1. The van der Waals surface area contributed by atoms with Crippen LogP contribution in [-0.4, -0.2) is 50.0 Å². The summed E-state index contributed by atoms with van der Waals surface area (Å²) in [4.78, 5) is 27.7. The van der Waals surface area contributed by atoms with Crippen molar-refractivity contribution in [1.29, 1.82) is 0 Å². The zero-order valence-corrected chi connectivity index (χ0v) is 18.6. The molecule has 0 radical (unpaired) electrons. The number of aromatic hydroxyl groups is 1. The number of rotatable bonds is 4. The molecule has 4 heterocycles. The first-order valence-electron chi connectivity index (χ1n) is 10.7. The van der Waals surface area contributed by atoms with Crippen LogP contribution in [0.15, 0.2) is 29.2 Å². The van der Waals surface area contributed by atoms with Gasteiger partial charge < -0.3 is 10.0 Å². The van der Waals surface area contributed by atoms with Crippen molar-refractivity contribution in [2.45, 2.75) is 38.8 Å². The van der Waals surface area contributed by atoms with Crippen molar-refractivity contribution in [3.8, 4) is 16.3 Å². The van der Waals surface area contributed by atoms with Gasteiger partial charge in [0.05, 0.1) is 5.56 Å². The molecule has 0 spiro atoms. The smallest absolute Gasteiger partial charge is 0.278 e. The lowest BCUT2D eigenvalue weighted by Gasteiger charge is -2.48. The van der Waals surface area contributed by atoms with E-state index in [-0.39, 0.29) is 40.3 Å². The number of benzene rings is 1. The molecule has 1 fully saturated rings. The van der Waals surface area contributed by atoms with E-state index in [0.29, 0.717) is 18.1 Å². The molecule has 11 heteroatoms. The number of carbonyl (C=O) groups is 1. The van der Waals surface area contributed by atoms with Crippen molar-refractivity contribution < 1.29 is 18.7 Å². The van der Waals surface area contributed by atoms with Crippen LogP contribution in [-0.2, 0) is 6.42 Å². The van der Waals surface area contributed by atoms with Gasteiger partial charge in [-0.2, -0.15) is 0 Å². The van der Waals surface area contributed by atoms with Crippen LogP contribution in [0.1, 0.15) is 47.2 Å². The summed E-state index contributed by atoms with van der Waals surface area (Å²) in [6.45, 7) is 3.01. The van der Waals surface area contributed by atoms with Gasteiger partial charge >= 0.3 is 0 Å². The van der Waals surface area contributed by atoms with E-state index in [1.54, 1.807) is 9.58 Å². The highest BCUT2D eigenvalue weighted by atomic mass is 32.1. The maximum Gasteiger partial charge on any atom is 0.278 e. The standard InChI is InChI=1S/C22H21F2N5O3S/c1-2-27-17-5-3-4-8-28(17)29-11-14(19(30)20(31)18(29)22(27)32)21-26-25-16(33-21)9-12-6-7-13(23)10-15(12)24/h6-7,10-11,17,31H,2-5,8-9H2,1H3/t17-/m1/s1. The molecule has 1 atom stereocenters. The number of amides is 1. The predicted octanol–water partition coefficient (Wildman–Crippen LogP) is 2.87. The molecule has 2 aliphatic heterocycles. The second kappa shape index (κ2) is 8.22. The second-order valence-electron chi connectivity index (χ2n) is 8.06. The van der Waals surface area contributed by atoms with Crippen LogP contribution in [0.25, 0.3) is 10.6 Å². The van der Waals surface area contributed by atoms with Crippen molar-refractivity contribution in [2.24, 2.45) is 0 Å². The lowest BCUT2D eigenvalue weighted by Crippen LogP contribution is -2.62. The normalized spacial score (nSPS) is 17.8. The number of halogens is 2. The summed E-state index contributed by atoms with van der Waals surface area (Å²) < 4.78 is 28.8. The number of carbonyl (C=O) groups excluding carboxylic acids is 1. The summed E-state index contributed by atoms with van der Waals surface area (Å²) in [6.07, 6.45) is 4.18. The molecule has 1 saturated heterocycles. The Morgan fingerprint density at radius 2 is 2.03 bits per heavy atom. The minimum Gasteiger partial charge on any atom is -0.502 e. The van der Waals surface area contributed by atoms with Crippen molar-refractivity contribution in [3.05, 3.63) is 62.5 Å². The Labute approximate surface area is 191 Å². The third-order valence-electron chi connectivity index (χ3n) is 6.10. The molecule has 172 valence electrons. The molecule has 1 aromatic carbocycles. The van der Waals surface area contributed by atoms with Crippen molar-refractivity contribution >= 4 is 17.2 Å². The number of fused-ring (bicyclic) bond motifs is 3. The average Bonchev–Trinajstić information content (AvgIpc) is 3.26. The van der Waals surface area contributed by atoms with E-state index in [2.05, 4.69) is 10.2 Å². The molecule has 0 bridgehead atoms. The lowest BCUT2D eigenvalue weighted by molar-refractivity contribution is 0.0536. The fourth-order valence-electron chi connectivity index (χ4n) is 4.50. The van der Waals surface area contributed by atoms with Gasteiger partial charge in [-0.05, 0) is 37.8 Å². The van der Waals surface area contributed by atoms with Crippen LogP contribution in [0.5, 0.6) is 5.75 Å². The fourth-order valence-corrected chi connectivity index (χ4v) is 5.37. The third-order valence-corrected chi connectivity index (χ3v) is 7.06. The second-order valence-corrected chi connectivity index (χ2v) is 9.12. The molecular formula is C22H21F2N5O3S. The molecule has 0 saturated carbocycles. The zero-order chi connectivity index (χ0) is 23.3. The first kappa shape index (κ1) is 21.5. The molecule has 0 aliphatic carbocycles. The Morgan fingerprint density at radius 3 is 2.79 bits per heavy atom. The molecule has 33 heavy (non-hydrogen) atoms. The molecule has 5 rings (SSSR count). The molecular weight excluding hydrogens is 452 g/mol. The summed E-state index contributed by atoms with van der Waals surface area (Å²) in [6, 6.07) is 3.31. The highest BCUT2D eigenvalue weighted by Gasteiger charge is 2.40. The molecule has 2 aromatic heterocycles. The largest absolute Gasteiger partial charge is 0.502 e. The zero-order valence-electron chi connectivity index (χ0n) is 17.8. The van der Waals surface area contributed by atoms with Gasteiger partial charge in [-0.15, -0.1) is 10.2 Å². The maximum atomic E-state index is 14.0. The number of hydrogen-bond donors (Lipinski definition) is 1. The number of hydrogen-bond acceptors (Lipinski definition) is 7. The van der Waals surface area contributed by atoms with Gasteiger partial charge in [-0.3, -0.25) is 19.3 Å². The van der Waals surface area contributed by atoms with E-state index in [9.17, 15) is 23.5 Å². The van der Waals surface area contributed by atoms with Gasteiger partial charge in [-0.25, -0.2) is 8.78 Å². The third kappa shape index (κ3) is 3.56. The van der Waals surface area contributed by atoms with Crippen LogP contribution in [0.3, 0.4) is 0 Å². The summed E-state index contributed by atoms with van der Waals surface area (Å²) in [5.41, 5.74) is -0.397. The first-order chi connectivity index (χ1) is 15.9. The molecule has 3 aromatic rings. The Bertz CT molecular complexity index is 1310. The molecule has 0 unspecified atom stereocenters.